The Bertz CT molecular complexity index is 546. The zero-order chi connectivity index (χ0) is 18.0. The lowest BCUT2D eigenvalue weighted by Crippen LogP contribution is -2.57. The van der Waals surface area contributed by atoms with Gasteiger partial charge in [-0.15, -0.1) is 0 Å². The Morgan fingerprint density at radius 2 is 1.92 bits per heavy atom. The van der Waals surface area contributed by atoms with Gasteiger partial charge in [-0.2, -0.15) is 0 Å². The molecular weight excluding hydrogens is 427 g/mol. The van der Waals surface area contributed by atoms with Crippen LogP contribution in [0.5, 0.6) is 0 Å². The van der Waals surface area contributed by atoms with Gasteiger partial charge in [0.15, 0.2) is 8.32 Å². The molecule has 0 aromatic heterocycles. The van der Waals surface area contributed by atoms with E-state index in [4.69, 9.17) is 4.43 Å². The van der Waals surface area contributed by atoms with Gasteiger partial charge in [0.05, 0.1) is 16.1 Å². The maximum absolute atomic E-state index is 10.00. The highest BCUT2D eigenvalue weighted by molar-refractivity contribution is 14.1. The second-order valence-electron chi connectivity index (χ2n) is 10.2. The fourth-order valence-electron chi connectivity index (χ4n) is 4.77. The van der Waals surface area contributed by atoms with Gasteiger partial charge in [0, 0.05) is 10.8 Å². The molecule has 2 saturated carbocycles. The summed E-state index contributed by atoms with van der Waals surface area (Å²) in [5.41, 5.74) is 1.87. The van der Waals surface area contributed by atoms with Crippen LogP contribution < -0.4 is 0 Å². The van der Waals surface area contributed by atoms with E-state index in [1.54, 1.807) is 5.57 Å². The lowest BCUT2D eigenvalue weighted by atomic mass is 9.62. The predicted molar refractivity (Wildman–Crippen MR) is 112 cm³/mol. The smallest absolute Gasteiger partial charge is 0.192 e. The molecule has 3 aliphatic rings. The van der Waals surface area contributed by atoms with E-state index in [-0.39, 0.29) is 19.3 Å². The molecule has 24 heavy (non-hydrogen) atoms. The van der Waals surface area contributed by atoms with Crippen LogP contribution in [0.15, 0.2) is 11.6 Å². The van der Waals surface area contributed by atoms with Gasteiger partial charge in [0.1, 0.15) is 0 Å². The zero-order valence-electron chi connectivity index (χ0n) is 16.3. The Morgan fingerprint density at radius 3 is 2.42 bits per heavy atom. The van der Waals surface area contributed by atoms with Crippen molar-refractivity contribution in [3.8, 4) is 0 Å². The van der Waals surface area contributed by atoms with Crippen LogP contribution in [0, 0.1) is 10.8 Å². The quantitative estimate of drug-likeness (QED) is 0.246. The molecule has 0 saturated heterocycles. The summed E-state index contributed by atoms with van der Waals surface area (Å²) < 4.78 is 7.14. The Labute approximate surface area is 163 Å². The van der Waals surface area contributed by atoms with Crippen LogP contribution in [0.25, 0.3) is 0 Å². The highest BCUT2D eigenvalue weighted by atomic mass is 127. The second-order valence-corrected chi connectivity index (χ2v) is 16.9. The molecule has 0 aliphatic heterocycles. The zero-order valence-corrected chi connectivity index (χ0v) is 19.5. The third-order valence-electron chi connectivity index (χ3n) is 7.74. The van der Waals surface area contributed by atoms with Crippen LogP contribution in [-0.4, -0.2) is 29.6 Å². The van der Waals surface area contributed by atoms with Crippen molar-refractivity contribution in [2.75, 3.05) is 6.61 Å². The summed E-state index contributed by atoms with van der Waals surface area (Å²) in [6.45, 7) is 14.6. The summed E-state index contributed by atoms with van der Waals surface area (Å²) in [5.74, 6) is 0. The number of halogens is 1. The van der Waals surface area contributed by atoms with E-state index in [1.165, 1.54) is 32.1 Å². The minimum atomic E-state index is -1.77. The molecule has 4 heteroatoms. The Morgan fingerprint density at radius 1 is 1.29 bits per heavy atom. The van der Waals surface area contributed by atoms with E-state index in [9.17, 15) is 5.11 Å². The number of rotatable bonds is 4. The standard InChI is InChI=1S/C20H35IO2Si/c1-17(2,3)24(5,6)23-16-8-7-10-18(4)15(9-11-20(16,18)21)19(14-22)12-13-19/h9,16,22H,7-8,10-14H2,1-6H3/t16-,18+,20+/m0/s1. The number of allylic oxidation sites excluding steroid dienone is 1. The average molecular weight is 462 g/mol. The molecule has 0 bridgehead atoms. The topological polar surface area (TPSA) is 29.5 Å². The maximum atomic E-state index is 10.00. The summed E-state index contributed by atoms with van der Waals surface area (Å²) in [4.78, 5) is 0. The van der Waals surface area contributed by atoms with Crippen molar-refractivity contribution in [3.05, 3.63) is 11.6 Å². The lowest BCUT2D eigenvalue weighted by Gasteiger charge is -2.54. The van der Waals surface area contributed by atoms with Crippen molar-refractivity contribution >= 4 is 30.9 Å². The maximum Gasteiger partial charge on any atom is 0.192 e. The van der Waals surface area contributed by atoms with E-state index in [0.717, 1.165) is 6.42 Å². The van der Waals surface area contributed by atoms with Gasteiger partial charge in [0.2, 0.25) is 0 Å². The van der Waals surface area contributed by atoms with Crippen molar-refractivity contribution in [1.29, 1.82) is 0 Å². The van der Waals surface area contributed by atoms with Gasteiger partial charge >= 0.3 is 0 Å². The molecule has 0 radical (unpaired) electrons. The number of fused-ring (bicyclic) bond motifs is 1. The Hall–Kier alpha value is 0.607. The Balaban J connectivity index is 1.89. The molecule has 2 nitrogen and oxygen atoms in total. The molecule has 0 heterocycles. The summed E-state index contributed by atoms with van der Waals surface area (Å²) in [7, 11) is -1.77. The van der Waals surface area contributed by atoms with E-state index < -0.39 is 8.32 Å². The third kappa shape index (κ3) is 2.69. The van der Waals surface area contributed by atoms with Crippen molar-refractivity contribution in [2.24, 2.45) is 10.8 Å². The molecule has 3 atom stereocenters. The number of alkyl halides is 1. The third-order valence-corrected chi connectivity index (χ3v) is 14.6. The lowest BCUT2D eigenvalue weighted by molar-refractivity contribution is 0.0451. The largest absolute Gasteiger partial charge is 0.413 e. The first-order valence-corrected chi connectivity index (χ1v) is 13.6. The fourth-order valence-corrected chi connectivity index (χ4v) is 7.62. The first kappa shape index (κ1) is 19.4. The minimum absolute atomic E-state index is 0.112. The van der Waals surface area contributed by atoms with Gasteiger partial charge in [-0.05, 0) is 56.7 Å². The SMILES string of the molecule is CC(C)(C)[Si](C)(C)O[C@H]1CCC[C@]2(C)C(C3(CO)CC3)=CC[C@@]12I. The van der Waals surface area contributed by atoms with Gasteiger partial charge in [0.25, 0.3) is 0 Å². The van der Waals surface area contributed by atoms with Gasteiger partial charge in [-0.25, -0.2) is 0 Å². The van der Waals surface area contributed by atoms with Crippen LogP contribution in [0.3, 0.4) is 0 Å². The van der Waals surface area contributed by atoms with Crippen LogP contribution >= 0.6 is 22.6 Å². The molecule has 0 aromatic rings. The summed E-state index contributed by atoms with van der Waals surface area (Å²) in [5, 5.41) is 10.3. The first-order valence-electron chi connectivity index (χ1n) is 9.61. The highest BCUT2D eigenvalue weighted by Crippen LogP contribution is 2.69. The summed E-state index contributed by atoms with van der Waals surface area (Å²) in [6, 6.07) is 0. The predicted octanol–water partition coefficient (Wildman–Crippen LogP) is 5.84. The molecule has 0 amide bonds. The van der Waals surface area contributed by atoms with E-state index in [1.807, 2.05) is 0 Å². The number of hydrogen-bond donors (Lipinski definition) is 1. The molecular formula is C20H35IO2Si. The number of aliphatic hydroxyl groups is 1. The highest BCUT2D eigenvalue weighted by Gasteiger charge is 2.64. The molecule has 0 aromatic carbocycles. The van der Waals surface area contributed by atoms with E-state index >= 15 is 0 Å². The van der Waals surface area contributed by atoms with Crippen LogP contribution in [-0.2, 0) is 4.43 Å². The van der Waals surface area contributed by atoms with E-state index in [0.29, 0.717) is 12.7 Å². The molecule has 3 aliphatic carbocycles. The molecule has 3 rings (SSSR count). The number of hydrogen-bond acceptors (Lipinski definition) is 2. The van der Waals surface area contributed by atoms with Crippen molar-refractivity contribution in [2.45, 2.75) is 93.9 Å². The van der Waals surface area contributed by atoms with Crippen LogP contribution in [0.2, 0.25) is 18.1 Å². The monoisotopic (exact) mass is 462 g/mol. The van der Waals surface area contributed by atoms with Gasteiger partial charge in [-0.3, -0.25) is 0 Å². The Kier molecular flexibility index (Phi) is 4.68. The minimum Gasteiger partial charge on any atom is -0.413 e. The van der Waals surface area contributed by atoms with Crippen LogP contribution in [0.1, 0.15) is 66.2 Å². The molecule has 0 unspecified atom stereocenters. The van der Waals surface area contributed by atoms with Crippen molar-refractivity contribution < 1.29 is 9.53 Å². The van der Waals surface area contributed by atoms with Gasteiger partial charge < -0.3 is 9.53 Å². The summed E-state index contributed by atoms with van der Waals surface area (Å²) >= 11 is 2.75. The average Bonchev–Trinajstić information content (AvgIpc) is 3.19. The van der Waals surface area contributed by atoms with Crippen molar-refractivity contribution in [3.63, 3.8) is 0 Å². The second kappa shape index (κ2) is 5.80. The summed E-state index contributed by atoms with van der Waals surface area (Å²) in [6.07, 6.45) is 9.99. The van der Waals surface area contributed by atoms with Crippen molar-refractivity contribution in [1.82, 2.24) is 0 Å². The van der Waals surface area contributed by atoms with Crippen LogP contribution in [0.4, 0.5) is 0 Å². The number of aliphatic hydroxyl groups excluding tert-OH is 1. The first-order chi connectivity index (χ1) is 10.9. The fraction of sp³-hybridized carbons (Fsp3) is 0.900. The molecule has 1 N–H and O–H groups in total. The van der Waals surface area contributed by atoms with E-state index in [2.05, 4.69) is 69.5 Å². The molecule has 0 spiro atoms. The molecule has 138 valence electrons. The van der Waals surface area contributed by atoms with Gasteiger partial charge in [-0.1, -0.05) is 61.9 Å². The normalized spacial score (nSPS) is 38.7. The molecule has 2 fully saturated rings.